The summed E-state index contributed by atoms with van der Waals surface area (Å²) in [5.74, 6) is -1.13. The Labute approximate surface area is 145 Å². The lowest BCUT2D eigenvalue weighted by atomic mass is 10.2. The number of halogens is 1. The molecule has 9 heteroatoms. The van der Waals surface area contributed by atoms with Crippen molar-refractivity contribution in [3.63, 3.8) is 0 Å². The van der Waals surface area contributed by atoms with Crippen LogP contribution in [0.5, 0.6) is 0 Å². The molecule has 0 bridgehead atoms. The van der Waals surface area contributed by atoms with Gasteiger partial charge in [-0.2, -0.15) is 5.10 Å². The summed E-state index contributed by atoms with van der Waals surface area (Å²) in [6, 6.07) is 7.00. The Bertz CT molecular complexity index is 953. The van der Waals surface area contributed by atoms with Crippen molar-refractivity contribution in [2.24, 2.45) is 0 Å². The molecular formula is C15H13ClN4O3S. The van der Waals surface area contributed by atoms with Crippen molar-refractivity contribution >= 4 is 40.2 Å². The van der Waals surface area contributed by atoms with E-state index in [0.29, 0.717) is 34.2 Å². The lowest BCUT2D eigenvalue weighted by Crippen LogP contribution is -2.26. The van der Waals surface area contributed by atoms with E-state index in [0.717, 1.165) is 11.8 Å². The molecule has 124 valence electrons. The molecule has 0 radical (unpaired) electrons. The maximum Gasteiger partial charge on any atom is 0.313 e. The van der Waals surface area contributed by atoms with Gasteiger partial charge in [0.2, 0.25) is 0 Å². The van der Waals surface area contributed by atoms with Gasteiger partial charge in [0.1, 0.15) is 0 Å². The van der Waals surface area contributed by atoms with Crippen LogP contribution in [-0.2, 0) is 17.9 Å². The van der Waals surface area contributed by atoms with Gasteiger partial charge in [-0.15, -0.1) is 0 Å². The first kappa shape index (κ1) is 16.5. The summed E-state index contributed by atoms with van der Waals surface area (Å²) >= 11 is 6.85. The second-order valence-corrected chi connectivity index (χ2v) is 6.35. The van der Waals surface area contributed by atoms with E-state index in [4.69, 9.17) is 16.7 Å². The molecule has 0 amide bonds. The Morgan fingerprint density at radius 2 is 2.08 bits per heavy atom. The average molecular weight is 365 g/mol. The molecule has 3 aromatic rings. The Kier molecular flexibility index (Phi) is 4.86. The van der Waals surface area contributed by atoms with Crippen LogP contribution in [0.1, 0.15) is 0 Å². The van der Waals surface area contributed by atoms with Gasteiger partial charge in [-0.05, 0) is 12.1 Å². The van der Waals surface area contributed by atoms with Crippen LogP contribution in [0.4, 0.5) is 0 Å². The molecule has 1 N–H and O–H groups in total. The average Bonchev–Trinajstić information content (AvgIpc) is 2.97. The van der Waals surface area contributed by atoms with E-state index in [1.807, 2.05) is 0 Å². The fourth-order valence-corrected chi connectivity index (χ4v) is 3.15. The second-order valence-electron chi connectivity index (χ2n) is 4.97. The molecule has 2 aromatic heterocycles. The number of hydrogen-bond donors (Lipinski definition) is 1. The van der Waals surface area contributed by atoms with Crippen LogP contribution in [0.2, 0.25) is 5.02 Å². The molecule has 0 saturated carbocycles. The van der Waals surface area contributed by atoms with Gasteiger partial charge in [0.15, 0.2) is 5.16 Å². The zero-order valence-electron chi connectivity index (χ0n) is 12.4. The highest BCUT2D eigenvalue weighted by Crippen LogP contribution is 2.18. The number of hydrogen-bond acceptors (Lipinski definition) is 5. The van der Waals surface area contributed by atoms with Gasteiger partial charge in [0.05, 0.1) is 34.4 Å². The third-order valence-corrected chi connectivity index (χ3v) is 4.46. The Morgan fingerprint density at radius 3 is 2.79 bits per heavy atom. The van der Waals surface area contributed by atoms with Crippen molar-refractivity contribution in [1.82, 2.24) is 19.3 Å². The zero-order valence-corrected chi connectivity index (χ0v) is 14.0. The summed E-state index contributed by atoms with van der Waals surface area (Å²) in [5.41, 5.74) is 0.348. The minimum absolute atomic E-state index is 0.168. The number of rotatable bonds is 6. The van der Waals surface area contributed by atoms with E-state index in [2.05, 4.69) is 10.1 Å². The van der Waals surface area contributed by atoms with Gasteiger partial charge >= 0.3 is 5.97 Å². The summed E-state index contributed by atoms with van der Waals surface area (Å²) in [5, 5.41) is 14.4. The van der Waals surface area contributed by atoms with Crippen LogP contribution < -0.4 is 5.56 Å². The van der Waals surface area contributed by atoms with Crippen molar-refractivity contribution in [2.45, 2.75) is 18.2 Å². The number of carboxylic acid groups (broad SMARTS) is 1. The lowest BCUT2D eigenvalue weighted by Gasteiger charge is -2.12. The van der Waals surface area contributed by atoms with Gasteiger partial charge in [-0.1, -0.05) is 35.5 Å². The molecule has 7 nitrogen and oxygen atoms in total. The smallest absolute Gasteiger partial charge is 0.313 e. The molecule has 3 rings (SSSR count). The highest BCUT2D eigenvalue weighted by Gasteiger charge is 2.13. The molecule has 0 unspecified atom stereocenters. The number of aromatic nitrogens is 4. The maximum atomic E-state index is 12.7. The molecule has 0 aliphatic carbocycles. The number of aliphatic carboxylic acids is 1. The van der Waals surface area contributed by atoms with E-state index in [-0.39, 0.29) is 11.3 Å². The first-order chi connectivity index (χ1) is 11.5. The second kappa shape index (κ2) is 7.06. The monoisotopic (exact) mass is 364 g/mol. The number of fused-ring (bicyclic) bond motifs is 1. The van der Waals surface area contributed by atoms with Crippen LogP contribution in [0.3, 0.4) is 0 Å². The first-order valence-corrected chi connectivity index (χ1v) is 8.43. The Hall–Kier alpha value is -2.32. The zero-order chi connectivity index (χ0) is 17.1. The fraction of sp³-hybridized carbons (Fsp3) is 0.200. The standard InChI is InChI=1S/C15H13ClN4O3S/c16-10-7-17-19(8-10)5-6-20-14(23)11-3-1-2-4-12(11)18-15(20)24-9-13(21)22/h1-4,7-8H,5-6,9H2,(H,21,22). The van der Waals surface area contributed by atoms with E-state index < -0.39 is 5.97 Å². The van der Waals surface area contributed by atoms with E-state index in [9.17, 15) is 9.59 Å². The number of benzene rings is 1. The predicted molar refractivity (Wildman–Crippen MR) is 91.6 cm³/mol. The van der Waals surface area contributed by atoms with Crippen molar-refractivity contribution in [3.8, 4) is 0 Å². The summed E-state index contributed by atoms with van der Waals surface area (Å²) in [7, 11) is 0. The molecule has 0 fully saturated rings. The van der Waals surface area contributed by atoms with Gasteiger partial charge in [-0.3, -0.25) is 18.8 Å². The van der Waals surface area contributed by atoms with E-state index in [1.54, 1.807) is 35.1 Å². The molecule has 1 aromatic carbocycles. The minimum Gasteiger partial charge on any atom is -0.481 e. The van der Waals surface area contributed by atoms with Crippen LogP contribution in [0.25, 0.3) is 10.9 Å². The molecule has 0 aliphatic heterocycles. The topological polar surface area (TPSA) is 90.0 Å². The molecule has 0 atom stereocenters. The van der Waals surface area contributed by atoms with Gasteiger partial charge in [0.25, 0.3) is 5.56 Å². The molecular weight excluding hydrogens is 352 g/mol. The van der Waals surface area contributed by atoms with Crippen molar-refractivity contribution < 1.29 is 9.90 Å². The number of aryl methyl sites for hydroxylation is 1. The SMILES string of the molecule is O=C(O)CSc1nc2ccccc2c(=O)n1CCn1cc(Cl)cn1. The molecule has 2 heterocycles. The van der Waals surface area contributed by atoms with Crippen LogP contribution >= 0.6 is 23.4 Å². The molecule has 0 spiro atoms. The number of para-hydroxylation sites is 1. The fourth-order valence-electron chi connectivity index (χ4n) is 2.24. The minimum atomic E-state index is -0.965. The van der Waals surface area contributed by atoms with Crippen LogP contribution in [-0.4, -0.2) is 36.2 Å². The molecule has 0 aliphatic rings. The Morgan fingerprint density at radius 1 is 1.29 bits per heavy atom. The van der Waals surface area contributed by atoms with Crippen LogP contribution in [0.15, 0.2) is 46.6 Å². The van der Waals surface area contributed by atoms with Crippen LogP contribution in [0, 0.1) is 0 Å². The third kappa shape index (κ3) is 3.60. The summed E-state index contributed by atoms with van der Waals surface area (Å²) in [4.78, 5) is 28.0. The van der Waals surface area contributed by atoms with Crippen molar-refractivity contribution in [1.29, 1.82) is 0 Å². The summed E-state index contributed by atoms with van der Waals surface area (Å²) in [6.07, 6.45) is 3.17. The number of nitrogens with zero attached hydrogens (tertiary/aromatic N) is 4. The Balaban J connectivity index is 1.98. The van der Waals surface area contributed by atoms with E-state index in [1.165, 1.54) is 10.8 Å². The highest BCUT2D eigenvalue weighted by molar-refractivity contribution is 7.99. The quantitative estimate of drug-likeness (QED) is 0.532. The first-order valence-electron chi connectivity index (χ1n) is 7.07. The van der Waals surface area contributed by atoms with Crippen molar-refractivity contribution in [2.75, 3.05) is 5.75 Å². The maximum absolute atomic E-state index is 12.7. The normalized spacial score (nSPS) is 11.0. The molecule has 0 saturated heterocycles. The predicted octanol–water partition coefficient (Wildman–Crippen LogP) is 2.12. The highest BCUT2D eigenvalue weighted by atomic mass is 35.5. The summed E-state index contributed by atoms with van der Waals surface area (Å²) in [6.45, 7) is 0.740. The number of thioether (sulfide) groups is 1. The van der Waals surface area contributed by atoms with E-state index >= 15 is 0 Å². The van der Waals surface area contributed by atoms with Crippen molar-refractivity contribution in [3.05, 3.63) is 52.0 Å². The van der Waals surface area contributed by atoms with Gasteiger partial charge in [0, 0.05) is 12.7 Å². The molecule has 24 heavy (non-hydrogen) atoms. The van der Waals surface area contributed by atoms with Gasteiger partial charge in [-0.25, -0.2) is 4.98 Å². The number of carbonyl (C=O) groups is 1. The largest absolute Gasteiger partial charge is 0.481 e. The third-order valence-electron chi connectivity index (χ3n) is 3.31. The van der Waals surface area contributed by atoms with Gasteiger partial charge < -0.3 is 5.11 Å². The summed E-state index contributed by atoms with van der Waals surface area (Å²) < 4.78 is 3.10. The lowest BCUT2D eigenvalue weighted by molar-refractivity contribution is -0.133. The number of carboxylic acids is 1.